The lowest BCUT2D eigenvalue weighted by Crippen LogP contribution is -2.34. The lowest BCUT2D eigenvalue weighted by molar-refractivity contribution is -0.384. The predicted octanol–water partition coefficient (Wildman–Crippen LogP) is 4.56. The first-order valence-corrected chi connectivity index (χ1v) is 8.60. The summed E-state index contributed by atoms with van der Waals surface area (Å²) in [6, 6.07) is 9.42. The van der Waals surface area contributed by atoms with E-state index in [1.54, 1.807) is 12.1 Å². The number of nitro groups is 1. The number of thiocarbonyl (C=S) groups is 1. The molecule has 2 aromatic carbocycles. The molecule has 6 nitrogen and oxygen atoms in total. The minimum atomic E-state index is -0.496. The second-order valence-electron chi connectivity index (χ2n) is 4.79. The van der Waals surface area contributed by atoms with Gasteiger partial charge in [-0.05, 0) is 58.8 Å². The highest BCUT2D eigenvalue weighted by molar-refractivity contribution is 9.11. The summed E-state index contributed by atoms with van der Waals surface area (Å²) in [6.45, 7) is 1.92. The zero-order chi connectivity index (χ0) is 17.9. The lowest BCUT2D eigenvalue weighted by Gasteiger charge is -2.11. The molecule has 0 radical (unpaired) electrons. The smallest absolute Gasteiger partial charge is 0.270 e. The fourth-order valence-electron chi connectivity index (χ4n) is 1.78. The molecule has 9 heteroatoms. The topological polar surface area (TPSA) is 84.3 Å². The number of carbonyl (C=O) groups is 1. The Morgan fingerprint density at radius 1 is 1.17 bits per heavy atom. The van der Waals surface area contributed by atoms with Gasteiger partial charge in [-0.1, -0.05) is 22.0 Å². The number of aryl methyl sites for hydroxylation is 1. The number of halogens is 2. The summed E-state index contributed by atoms with van der Waals surface area (Å²) in [5.74, 6) is -0.355. The number of amides is 1. The van der Waals surface area contributed by atoms with Gasteiger partial charge in [0.15, 0.2) is 5.11 Å². The van der Waals surface area contributed by atoms with Crippen LogP contribution in [0, 0.1) is 17.0 Å². The molecule has 0 spiro atoms. The maximum Gasteiger partial charge on any atom is 0.270 e. The second kappa shape index (κ2) is 7.82. The summed E-state index contributed by atoms with van der Waals surface area (Å²) in [6.07, 6.45) is 0. The highest BCUT2D eigenvalue weighted by Gasteiger charge is 2.12. The van der Waals surface area contributed by atoms with Crippen LogP contribution in [-0.4, -0.2) is 15.9 Å². The largest absolute Gasteiger partial charge is 0.331 e. The van der Waals surface area contributed by atoms with Crippen molar-refractivity contribution in [1.29, 1.82) is 0 Å². The van der Waals surface area contributed by atoms with E-state index in [1.807, 2.05) is 13.0 Å². The first-order chi connectivity index (χ1) is 11.3. The monoisotopic (exact) mass is 471 g/mol. The molecule has 124 valence electrons. The van der Waals surface area contributed by atoms with Crippen LogP contribution in [0.3, 0.4) is 0 Å². The molecule has 1 amide bonds. The number of rotatable bonds is 3. The van der Waals surface area contributed by atoms with E-state index < -0.39 is 4.92 Å². The van der Waals surface area contributed by atoms with Gasteiger partial charge >= 0.3 is 0 Å². The number of hydrogen-bond donors (Lipinski definition) is 2. The molecular formula is C15H11Br2N3O3S. The zero-order valence-electron chi connectivity index (χ0n) is 12.3. The molecule has 2 rings (SSSR count). The van der Waals surface area contributed by atoms with Gasteiger partial charge in [-0.25, -0.2) is 0 Å². The number of hydrogen-bond acceptors (Lipinski definition) is 4. The minimum Gasteiger partial charge on any atom is -0.331 e. The molecule has 2 N–H and O–H groups in total. The molecule has 0 aliphatic rings. The molecule has 0 saturated heterocycles. The van der Waals surface area contributed by atoms with Crippen LogP contribution >= 0.6 is 44.1 Å². The molecular weight excluding hydrogens is 462 g/mol. The lowest BCUT2D eigenvalue weighted by atomic mass is 10.1. The van der Waals surface area contributed by atoms with Gasteiger partial charge in [0, 0.05) is 26.6 Å². The average molecular weight is 473 g/mol. The Morgan fingerprint density at radius 2 is 1.88 bits per heavy atom. The van der Waals surface area contributed by atoms with Crippen molar-refractivity contribution in [2.24, 2.45) is 0 Å². The summed E-state index contributed by atoms with van der Waals surface area (Å²) in [4.78, 5) is 22.4. The van der Waals surface area contributed by atoms with E-state index in [0.717, 1.165) is 10.0 Å². The number of non-ortho nitro benzene ring substituents is 1. The van der Waals surface area contributed by atoms with Crippen LogP contribution in [0.4, 0.5) is 11.4 Å². The summed E-state index contributed by atoms with van der Waals surface area (Å²) < 4.78 is 1.29. The van der Waals surface area contributed by atoms with E-state index in [2.05, 4.69) is 42.5 Å². The molecule has 0 saturated carbocycles. The molecule has 0 unspecified atom stereocenters. The molecule has 2 aromatic rings. The number of nitrogens with one attached hydrogen (secondary N) is 2. The Balaban J connectivity index is 2.06. The Bertz CT molecular complexity index is 843. The van der Waals surface area contributed by atoms with E-state index in [0.29, 0.717) is 15.7 Å². The van der Waals surface area contributed by atoms with Crippen molar-refractivity contribution in [2.75, 3.05) is 5.32 Å². The Kier molecular flexibility index (Phi) is 6.03. The van der Waals surface area contributed by atoms with Crippen LogP contribution in [0.15, 0.2) is 45.3 Å². The summed E-state index contributed by atoms with van der Waals surface area (Å²) >= 11 is 11.7. The third-order valence-corrected chi connectivity index (χ3v) is 4.79. The van der Waals surface area contributed by atoms with Gasteiger partial charge in [-0.15, -0.1) is 0 Å². The van der Waals surface area contributed by atoms with Crippen molar-refractivity contribution >= 4 is 66.5 Å². The third kappa shape index (κ3) is 4.59. The van der Waals surface area contributed by atoms with E-state index in [-0.39, 0.29) is 16.7 Å². The molecule has 0 heterocycles. The SMILES string of the molecule is Cc1ccc(C(=O)NC(=S)Nc2ccc([N+](=O)[O-])cc2Br)cc1Br. The van der Waals surface area contributed by atoms with E-state index in [9.17, 15) is 14.9 Å². The molecule has 24 heavy (non-hydrogen) atoms. The Labute approximate surface area is 160 Å². The van der Waals surface area contributed by atoms with Crippen LogP contribution < -0.4 is 10.6 Å². The van der Waals surface area contributed by atoms with Gasteiger partial charge < -0.3 is 5.32 Å². The van der Waals surface area contributed by atoms with Crippen LogP contribution in [0.5, 0.6) is 0 Å². The summed E-state index contributed by atoms with van der Waals surface area (Å²) in [5, 5.41) is 16.2. The van der Waals surface area contributed by atoms with Crippen molar-refractivity contribution in [2.45, 2.75) is 6.92 Å². The number of anilines is 1. The van der Waals surface area contributed by atoms with Crippen LogP contribution in [-0.2, 0) is 0 Å². The number of benzene rings is 2. The van der Waals surface area contributed by atoms with Gasteiger partial charge in [0.2, 0.25) is 0 Å². The van der Waals surface area contributed by atoms with Gasteiger partial charge in [0.05, 0.1) is 10.6 Å². The van der Waals surface area contributed by atoms with E-state index in [4.69, 9.17) is 12.2 Å². The van der Waals surface area contributed by atoms with Crippen molar-refractivity contribution in [3.05, 3.63) is 66.6 Å². The normalized spacial score (nSPS) is 10.1. The number of nitro benzene ring substituents is 1. The van der Waals surface area contributed by atoms with Gasteiger partial charge in [-0.3, -0.25) is 20.2 Å². The van der Waals surface area contributed by atoms with E-state index in [1.165, 1.54) is 18.2 Å². The fraction of sp³-hybridized carbons (Fsp3) is 0.0667. The van der Waals surface area contributed by atoms with E-state index >= 15 is 0 Å². The standard InChI is InChI=1S/C15H11Br2N3O3S/c1-8-2-3-9(6-11(8)16)14(21)19-15(24)18-13-5-4-10(20(22)23)7-12(13)17/h2-7H,1H3,(H2,18,19,21,24). The predicted molar refractivity (Wildman–Crippen MR) is 103 cm³/mol. The summed E-state index contributed by atoms with van der Waals surface area (Å²) in [5.41, 5.74) is 1.93. The Morgan fingerprint density at radius 3 is 2.46 bits per heavy atom. The van der Waals surface area contributed by atoms with Gasteiger partial charge in [0.25, 0.3) is 11.6 Å². The zero-order valence-corrected chi connectivity index (χ0v) is 16.3. The first kappa shape index (κ1) is 18.5. The molecule has 0 aliphatic heterocycles. The van der Waals surface area contributed by atoms with Crippen molar-refractivity contribution in [3.8, 4) is 0 Å². The van der Waals surface area contributed by atoms with Gasteiger partial charge in [-0.2, -0.15) is 0 Å². The molecule has 0 aromatic heterocycles. The maximum absolute atomic E-state index is 12.2. The molecule has 0 bridgehead atoms. The maximum atomic E-state index is 12.2. The van der Waals surface area contributed by atoms with Crippen molar-refractivity contribution < 1.29 is 9.72 Å². The van der Waals surface area contributed by atoms with Crippen LogP contribution in [0.2, 0.25) is 0 Å². The van der Waals surface area contributed by atoms with Crippen molar-refractivity contribution in [1.82, 2.24) is 5.32 Å². The van der Waals surface area contributed by atoms with Crippen molar-refractivity contribution in [3.63, 3.8) is 0 Å². The average Bonchev–Trinajstić information content (AvgIpc) is 2.51. The molecule has 0 atom stereocenters. The minimum absolute atomic E-state index is 0.0492. The van der Waals surface area contributed by atoms with Gasteiger partial charge in [0.1, 0.15) is 0 Å². The highest BCUT2D eigenvalue weighted by atomic mass is 79.9. The number of nitrogens with zero attached hydrogens (tertiary/aromatic N) is 1. The first-order valence-electron chi connectivity index (χ1n) is 6.60. The molecule has 0 aliphatic carbocycles. The molecule has 0 fully saturated rings. The summed E-state index contributed by atoms with van der Waals surface area (Å²) in [7, 11) is 0. The fourth-order valence-corrected chi connectivity index (χ4v) is 2.83. The third-order valence-electron chi connectivity index (χ3n) is 3.07. The quantitative estimate of drug-likeness (QED) is 0.388. The number of carbonyl (C=O) groups excluding carboxylic acids is 1. The Hall–Kier alpha value is -1.84. The highest BCUT2D eigenvalue weighted by Crippen LogP contribution is 2.27. The second-order valence-corrected chi connectivity index (χ2v) is 6.91. The van der Waals surface area contributed by atoms with Crippen LogP contribution in [0.25, 0.3) is 0 Å². The van der Waals surface area contributed by atoms with Crippen LogP contribution in [0.1, 0.15) is 15.9 Å².